The Morgan fingerprint density at radius 1 is 1.08 bits per heavy atom. The van der Waals surface area contributed by atoms with Crippen LogP contribution in [0, 0.1) is 5.95 Å². The largest absolute Gasteiger partial charge is 0.481 e. The summed E-state index contributed by atoms with van der Waals surface area (Å²) in [4.78, 5) is 24.4. The van der Waals surface area contributed by atoms with E-state index in [-0.39, 0.29) is 5.82 Å². The minimum atomic E-state index is -0.848. The van der Waals surface area contributed by atoms with Gasteiger partial charge in [0.05, 0.1) is 11.1 Å². The van der Waals surface area contributed by atoms with Gasteiger partial charge in [-0.15, -0.1) is 5.10 Å². The number of carboxylic acid groups (broad SMARTS) is 1. The van der Waals surface area contributed by atoms with Gasteiger partial charge in [-0.05, 0) is 54.7 Å². The first-order valence-electron chi connectivity index (χ1n) is 11.7. The SMILES string of the molecule is CC(OC(=O)Nc1cc(F)nn1-c1ccc(-c2ccccc2C2(C(=O)O)CC2)cc1)c1ccccc1Cl. The highest BCUT2D eigenvalue weighted by molar-refractivity contribution is 6.31. The van der Waals surface area contributed by atoms with Crippen molar-refractivity contribution in [1.82, 2.24) is 9.78 Å². The normalized spacial score (nSPS) is 14.6. The van der Waals surface area contributed by atoms with Gasteiger partial charge in [0.25, 0.3) is 0 Å². The van der Waals surface area contributed by atoms with Crippen molar-refractivity contribution in [3.8, 4) is 16.8 Å². The van der Waals surface area contributed by atoms with Gasteiger partial charge >= 0.3 is 12.1 Å². The quantitative estimate of drug-likeness (QED) is 0.281. The van der Waals surface area contributed by atoms with Gasteiger partial charge in [0.15, 0.2) is 0 Å². The molecular formula is C28H23ClFN3O4. The van der Waals surface area contributed by atoms with Crippen LogP contribution in [0.1, 0.15) is 37.0 Å². The Hall–Kier alpha value is -4.17. The maximum absolute atomic E-state index is 14.1. The molecule has 0 spiro atoms. The molecule has 1 heterocycles. The smallest absolute Gasteiger partial charge is 0.413 e. The van der Waals surface area contributed by atoms with Crippen LogP contribution in [0.4, 0.5) is 15.0 Å². The first kappa shape index (κ1) is 24.5. The van der Waals surface area contributed by atoms with E-state index in [1.54, 1.807) is 43.3 Å². The Morgan fingerprint density at radius 2 is 1.76 bits per heavy atom. The number of halogens is 2. The third-order valence-electron chi connectivity index (χ3n) is 6.56. The van der Waals surface area contributed by atoms with Crippen molar-refractivity contribution >= 4 is 29.5 Å². The summed E-state index contributed by atoms with van der Waals surface area (Å²) in [7, 11) is 0. The van der Waals surface area contributed by atoms with E-state index >= 15 is 0 Å². The Labute approximate surface area is 217 Å². The van der Waals surface area contributed by atoms with Gasteiger partial charge in [-0.25, -0.2) is 9.48 Å². The summed E-state index contributed by atoms with van der Waals surface area (Å²) in [6.07, 6.45) is -0.216. The second-order valence-electron chi connectivity index (χ2n) is 8.94. The summed E-state index contributed by atoms with van der Waals surface area (Å²) in [5, 5.41) is 16.6. The number of amides is 1. The maximum atomic E-state index is 14.1. The fourth-order valence-corrected chi connectivity index (χ4v) is 4.75. The summed E-state index contributed by atoms with van der Waals surface area (Å²) in [6.45, 7) is 1.69. The third-order valence-corrected chi connectivity index (χ3v) is 6.91. The zero-order chi connectivity index (χ0) is 26.2. The predicted octanol–water partition coefficient (Wildman–Crippen LogP) is 6.76. The number of hydrogen-bond acceptors (Lipinski definition) is 4. The lowest BCUT2D eigenvalue weighted by molar-refractivity contribution is -0.140. The summed E-state index contributed by atoms with van der Waals surface area (Å²) in [5.74, 6) is -1.51. The van der Waals surface area contributed by atoms with Crippen molar-refractivity contribution in [2.75, 3.05) is 5.32 Å². The first-order chi connectivity index (χ1) is 17.8. The molecule has 1 amide bonds. The highest BCUT2D eigenvalue weighted by Crippen LogP contribution is 2.51. The Balaban J connectivity index is 1.37. The van der Waals surface area contributed by atoms with Crippen LogP contribution in [0.25, 0.3) is 16.8 Å². The second kappa shape index (κ2) is 9.71. The average molecular weight is 520 g/mol. The van der Waals surface area contributed by atoms with Crippen molar-refractivity contribution in [2.45, 2.75) is 31.3 Å². The number of carbonyl (C=O) groups is 2. The van der Waals surface area contributed by atoms with Gasteiger partial charge in [-0.2, -0.15) is 4.39 Å². The van der Waals surface area contributed by atoms with Crippen LogP contribution in [0.5, 0.6) is 0 Å². The molecule has 9 heteroatoms. The molecule has 2 N–H and O–H groups in total. The second-order valence-corrected chi connectivity index (χ2v) is 9.35. The summed E-state index contributed by atoms with van der Waals surface area (Å²) in [5.41, 5.74) is 2.72. The average Bonchev–Trinajstić information content (AvgIpc) is 3.62. The van der Waals surface area contributed by atoms with Crippen molar-refractivity contribution in [3.05, 3.63) is 101 Å². The fourth-order valence-electron chi connectivity index (χ4n) is 4.46. The molecule has 4 aromatic rings. The van der Waals surface area contributed by atoms with Crippen molar-refractivity contribution in [3.63, 3.8) is 0 Å². The van der Waals surface area contributed by atoms with Crippen LogP contribution < -0.4 is 5.32 Å². The van der Waals surface area contributed by atoms with Crippen molar-refractivity contribution in [2.24, 2.45) is 0 Å². The van der Waals surface area contributed by atoms with E-state index in [4.69, 9.17) is 16.3 Å². The Kier molecular flexibility index (Phi) is 6.43. The van der Waals surface area contributed by atoms with Gasteiger partial charge < -0.3 is 9.84 Å². The number of aliphatic carboxylic acids is 1. The minimum absolute atomic E-state index is 0.0878. The Bertz CT molecular complexity index is 1480. The molecule has 0 bridgehead atoms. The molecule has 188 valence electrons. The summed E-state index contributed by atoms with van der Waals surface area (Å²) >= 11 is 6.18. The molecular weight excluding hydrogens is 497 g/mol. The first-order valence-corrected chi connectivity index (χ1v) is 12.1. The fraction of sp³-hybridized carbons (Fsp3) is 0.179. The standard InChI is InChI=1S/C28H23ClFN3O4/c1-17(20-6-3-5-9-23(20)29)37-27(36)31-25-16-24(30)32-33(25)19-12-10-18(11-13-19)21-7-2-4-8-22(21)28(14-15-28)26(34)35/h2-13,16-17H,14-15H2,1H3,(H,31,36)(H,34,35). The molecule has 5 rings (SSSR count). The molecule has 1 aliphatic carbocycles. The molecule has 7 nitrogen and oxygen atoms in total. The van der Waals surface area contributed by atoms with Crippen LogP contribution in [-0.4, -0.2) is 26.9 Å². The molecule has 3 aromatic carbocycles. The number of nitrogens with one attached hydrogen (secondary N) is 1. The van der Waals surface area contributed by atoms with E-state index in [1.807, 2.05) is 36.4 Å². The van der Waals surface area contributed by atoms with E-state index in [2.05, 4.69) is 10.4 Å². The number of ether oxygens (including phenoxy) is 1. The topological polar surface area (TPSA) is 93.5 Å². The van der Waals surface area contributed by atoms with Crippen LogP contribution >= 0.6 is 11.6 Å². The molecule has 1 atom stereocenters. The number of benzene rings is 3. The monoisotopic (exact) mass is 519 g/mol. The number of aromatic nitrogens is 2. The van der Waals surface area contributed by atoms with E-state index in [1.165, 1.54) is 4.68 Å². The highest BCUT2D eigenvalue weighted by Gasteiger charge is 2.52. The molecule has 0 aliphatic heterocycles. The molecule has 1 aliphatic rings. The maximum Gasteiger partial charge on any atom is 0.413 e. The van der Waals surface area contributed by atoms with Crippen LogP contribution in [0.15, 0.2) is 78.9 Å². The van der Waals surface area contributed by atoms with Crippen molar-refractivity contribution in [1.29, 1.82) is 0 Å². The lowest BCUT2D eigenvalue weighted by Crippen LogP contribution is -2.20. The zero-order valence-electron chi connectivity index (χ0n) is 19.8. The number of rotatable bonds is 7. The summed E-state index contributed by atoms with van der Waals surface area (Å²) in [6, 6.07) is 22.6. The lowest BCUT2D eigenvalue weighted by atomic mass is 9.88. The van der Waals surface area contributed by atoms with Gasteiger partial charge in [0.1, 0.15) is 11.9 Å². The number of anilines is 1. The predicted molar refractivity (Wildman–Crippen MR) is 137 cm³/mol. The number of nitrogens with zero attached hydrogens (tertiary/aromatic N) is 2. The van der Waals surface area contributed by atoms with E-state index in [0.717, 1.165) is 22.8 Å². The number of carbonyl (C=O) groups excluding carboxylic acids is 1. The number of carboxylic acids is 1. The lowest BCUT2D eigenvalue weighted by Gasteiger charge is -2.17. The molecule has 1 saturated carbocycles. The van der Waals surface area contributed by atoms with Crippen LogP contribution in [-0.2, 0) is 14.9 Å². The van der Waals surface area contributed by atoms with E-state index in [9.17, 15) is 19.1 Å². The van der Waals surface area contributed by atoms with Crippen molar-refractivity contribution < 1.29 is 23.8 Å². The highest BCUT2D eigenvalue weighted by atomic mass is 35.5. The molecule has 0 saturated heterocycles. The van der Waals surface area contributed by atoms with Gasteiger partial charge in [-0.1, -0.05) is 66.2 Å². The van der Waals surface area contributed by atoms with Gasteiger partial charge in [-0.3, -0.25) is 10.1 Å². The van der Waals surface area contributed by atoms with E-state index < -0.39 is 29.5 Å². The van der Waals surface area contributed by atoms with Crippen LogP contribution in [0.2, 0.25) is 5.02 Å². The minimum Gasteiger partial charge on any atom is -0.481 e. The molecule has 37 heavy (non-hydrogen) atoms. The number of hydrogen-bond donors (Lipinski definition) is 2. The van der Waals surface area contributed by atoms with Crippen LogP contribution in [0.3, 0.4) is 0 Å². The third kappa shape index (κ3) is 4.80. The molecule has 1 fully saturated rings. The zero-order valence-corrected chi connectivity index (χ0v) is 20.6. The van der Waals surface area contributed by atoms with Gasteiger partial charge in [0.2, 0.25) is 5.95 Å². The summed E-state index contributed by atoms with van der Waals surface area (Å²) < 4.78 is 20.8. The van der Waals surface area contributed by atoms with Gasteiger partial charge in [0, 0.05) is 16.7 Å². The molecule has 0 radical (unpaired) electrons. The van der Waals surface area contributed by atoms with E-state index in [0.29, 0.717) is 29.1 Å². The Morgan fingerprint density at radius 3 is 2.43 bits per heavy atom. The molecule has 1 unspecified atom stereocenters. The molecule has 1 aromatic heterocycles.